The predicted molar refractivity (Wildman–Crippen MR) is 144 cm³/mol. The molecule has 6 heteroatoms. The van der Waals surface area contributed by atoms with Gasteiger partial charge in [0.15, 0.2) is 0 Å². The monoisotopic (exact) mass is 500 g/mol. The van der Waals surface area contributed by atoms with Crippen molar-refractivity contribution in [1.29, 1.82) is 0 Å². The molecule has 186 valence electrons. The van der Waals surface area contributed by atoms with Crippen LogP contribution >= 0.6 is 11.8 Å². The lowest BCUT2D eigenvalue weighted by Crippen LogP contribution is -2.45. The molecule has 2 fully saturated rings. The number of ether oxygens (including phenoxy) is 1. The Hall–Kier alpha value is -3.09. The largest absolute Gasteiger partial charge is 0.363 e. The molecule has 3 aromatic carbocycles. The minimum absolute atomic E-state index is 0.167. The highest BCUT2D eigenvalue weighted by Gasteiger charge is 2.65. The molecule has 1 amide bonds. The standard InChI is InChI=1S/C30H32N2O3S/c1-2-34-30(26-19-11-5-12-20-26)32(23-24-15-7-3-8-16-24)28(33)29(36-30,25-17-9-4-10-18-25)35-31-27-21-13-6-14-22-27/h3-5,7-12,15-20H,2,6,13-14,21-23H2,1H3/t29-,30-/m0/s1. The van der Waals surface area contributed by atoms with Crippen LogP contribution in [-0.2, 0) is 30.9 Å². The van der Waals surface area contributed by atoms with E-state index in [1.54, 1.807) is 0 Å². The van der Waals surface area contributed by atoms with Crippen LogP contribution in [0.1, 0.15) is 55.7 Å². The lowest BCUT2D eigenvalue weighted by atomic mass is 9.99. The Kier molecular flexibility index (Phi) is 7.44. The fraction of sp³-hybridized carbons (Fsp3) is 0.333. The van der Waals surface area contributed by atoms with Gasteiger partial charge >= 0.3 is 0 Å². The Morgan fingerprint density at radius 3 is 2.03 bits per heavy atom. The molecule has 2 aliphatic rings. The molecule has 0 bridgehead atoms. The number of rotatable bonds is 8. The predicted octanol–water partition coefficient (Wildman–Crippen LogP) is 6.80. The van der Waals surface area contributed by atoms with Gasteiger partial charge in [-0.3, -0.25) is 9.69 Å². The molecule has 1 aliphatic carbocycles. The summed E-state index contributed by atoms with van der Waals surface area (Å²) in [5, 5.41) is 3.54. The van der Waals surface area contributed by atoms with Gasteiger partial charge in [0.2, 0.25) is 5.06 Å². The topological polar surface area (TPSA) is 51.1 Å². The number of oxime groups is 1. The first kappa shape index (κ1) is 24.6. The first-order valence-electron chi connectivity index (χ1n) is 12.7. The van der Waals surface area contributed by atoms with Crippen molar-refractivity contribution in [2.45, 2.75) is 55.6 Å². The summed E-state index contributed by atoms with van der Waals surface area (Å²) in [5.74, 6) is -0.167. The van der Waals surface area contributed by atoms with Crippen LogP contribution in [0, 0.1) is 0 Å². The molecule has 3 aromatic rings. The lowest BCUT2D eigenvalue weighted by Gasteiger charge is -2.36. The Morgan fingerprint density at radius 1 is 0.833 bits per heavy atom. The number of amides is 1. The Balaban J connectivity index is 1.66. The first-order chi connectivity index (χ1) is 17.7. The number of benzene rings is 3. The number of hydrogen-bond donors (Lipinski definition) is 0. The van der Waals surface area contributed by atoms with Crippen molar-refractivity contribution in [3.63, 3.8) is 0 Å². The van der Waals surface area contributed by atoms with E-state index in [0.717, 1.165) is 48.1 Å². The second-order valence-electron chi connectivity index (χ2n) is 9.15. The van der Waals surface area contributed by atoms with E-state index in [4.69, 9.17) is 9.57 Å². The van der Waals surface area contributed by atoms with Gasteiger partial charge in [-0.15, -0.1) is 0 Å². The fourth-order valence-corrected chi connectivity index (χ4v) is 6.53. The molecule has 0 aromatic heterocycles. The average Bonchev–Trinajstić information content (AvgIpc) is 3.18. The summed E-state index contributed by atoms with van der Waals surface area (Å²) in [5.41, 5.74) is 3.70. The highest BCUT2D eigenvalue weighted by molar-refractivity contribution is 8.02. The molecule has 2 atom stereocenters. The zero-order chi connectivity index (χ0) is 24.8. The van der Waals surface area contributed by atoms with E-state index in [1.165, 1.54) is 18.2 Å². The van der Waals surface area contributed by atoms with Gasteiger partial charge in [-0.25, -0.2) is 0 Å². The third kappa shape index (κ3) is 4.67. The molecule has 0 N–H and O–H groups in total. The second kappa shape index (κ2) is 10.9. The van der Waals surface area contributed by atoms with Crippen LogP contribution in [0.25, 0.3) is 0 Å². The molecule has 5 nitrogen and oxygen atoms in total. The van der Waals surface area contributed by atoms with Crippen molar-refractivity contribution in [2.75, 3.05) is 6.61 Å². The lowest BCUT2D eigenvalue weighted by molar-refractivity contribution is -0.162. The average molecular weight is 501 g/mol. The van der Waals surface area contributed by atoms with Crippen LogP contribution in [0.2, 0.25) is 0 Å². The summed E-state index contributed by atoms with van der Waals surface area (Å²) in [7, 11) is 0. The van der Waals surface area contributed by atoms with E-state index in [-0.39, 0.29) is 5.91 Å². The molecule has 0 unspecified atom stereocenters. The third-order valence-electron chi connectivity index (χ3n) is 6.71. The van der Waals surface area contributed by atoms with E-state index in [0.29, 0.717) is 13.2 Å². The third-order valence-corrected chi connectivity index (χ3v) is 8.34. The molecule has 1 saturated carbocycles. The molecule has 36 heavy (non-hydrogen) atoms. The van der Waals surface area contributed by atoms with Crippen molar-refractivity contribution >= 4 is 23.4 Å². The van der Waals surface area contributed by atoms with Crippen molar-refractivity contribution in [2.24, 2.45) is 5.16 Å². The molecular weight excluding hydrogens is 468 g/mol. The summed E-state index contributed by atoms with van der Waals surface area (Å²) < 4.78 is 6.54. The highest BCUT2D eigenvalue weighted by Crippen LogP contribution is 2.60. The van der Waals surface area contributed by atoms with Gasteiger partial charge in [0.25, 0.3) is 10.8 Å². The number of carbonyl (C=O) groups excluding carboxylic acids is 1. The van der Waals surface area contributed by atoms with Crippen molar-refractivity contribution in [1.82, 2.24) is 4.90 Å². The maximum atomic E-state index is 14.6. The molecular formula is C30H32N2O3S. The summed E-state index contributed by atoms with van der Waals surface area (Å²) >= 11 is 1.39. The fourth-order valence-electron chi connectivity index (χ4n) is 4.93. The van der Waals surface area contributed by atoms with Crippen molar-refractivity contribution in [3.8, 4) is 0 Å². The molecule has 0 spiro atoms. The number of hydrogen-bond acceptors (Lipinski definition) is 5. The van der Waals surface area contributed by atoms with E-state index >= 15 is 0 Å². The van der Waals surface area contributed by atoms with E-state index in [2.05, 4.69) is 5.16 Å². The SMILES string of the molecule is CCO[C@@]1(c2ccccc2)S[C@@](ON=C2CCCCC2)(c2ccccc2)C(=O)N1Cc1ccccc1. The second-order valence-corrected chi connectivity index (χ2v) is 10.5. The van der Waals surface area contributed by atoms with Crippen LogP contribution in [-0.4, -0.2) is 23.1 Å². The summed E-state index contributed by atoms with van der Waals surface area (Å²) in [6, 6.07) is 29.7. The van der Waals surface area contributed by atoms with Gasteiger partial charge in [0.1, 0.15) is 0 Å². The van der Waals surface area contributed by atoms with Crippen LogP contribution < -0.4 is 0 Å². The normalized spacial score (nSPS) is 24.1. The Labute approximate surface area is 217 Å². The zero-order valence-electron chi connectivity index (χ0n) is 20.6. The van der Waals surface area contributed by atoms with Crippen LogP contribution in [0.4, 0.5) is 0 Å². The van der Waals surface area contributed by atoms with Crippen molar-refractivity contribution < 1.29 is 14.4 Å². The summed E-state index contributed by atoms with van der Waals surface area (Å²) in [4.78, 5) is 21.4. The molecule has 1 heterocycles. The van der Waals surface area contributed by atoms with Gasteiger partial charge in [0, 0.05) is 24.3 Å². The number of nitrogens with zero attached hydrogens (tertiary/aromatic N) is 2. The summed E-state index contributed by atoms with van der Waals surface area (Å²) in [6.45, 7) is 2.78. The zero-order valence-corrected chi connectivity index (χ0v) is 21.5. The minimum atomic E-state index is -1.37. The van der Waals surface area contributed by atoms with Gasteiger partial charge in [-0.05, 0) is 49.9 Å². The van der Waals surface area contributed by atoms with E-state index in [9.17, 15) is 4.79 Å². The van der Waals surface area contributed by atoms with E-state index in [1.807, 2.05) is 103 Å². The van der Waals surface area contributed by atoms with E-state index < -0.39 is 9.99 Å². The van der Waals surface area contributed by atoms with Gasteiger partial charge in [-0.2, -0.15) is 0 Å². The van der Waals surface area contributed by atoms with Gasteiger partial charge in [0.05, 0.1) is 5.71 Å². The Morgan fingerprint density at radius 2 is 1.42 bits per heavy atom. The Bertz CT molecular complexity index is 1180. The van der Waals surface area contributed by atoms with Gasteiger partial charge < -0.3 is 9.57 Å². The molecule has 0 radical (unpaired) electrons. The van der Waals surface area contributed by atoms with Crippen molar-refractivity contribution in [3.05, 3.63) is 108 Å². The molecule has 5 rings (SSSR count). The molecule has 1 saturated heterocycles. The maximum absolute atomic E-state index is 14.6. The molecule has 1 aliphatic heterocycles. The smallest absolute Gasteiger partial charge is 0.290 e. The van der Waals surface area contributed by atoms with Crippen LogP contribution in [0.15, 0.2) is 96.2 Å². The quantitative estimate of drug-likeness (QED) is 0.319. The number of thioether (sulfide) groups is 1. The minimum Gasteiger partial charge on any atom is -0.363 e. The summed E-state index contributed by atoms with van der Waals surface area (Å²) in [6.07, 6.45) is 5.24. The first-order valence-corrected chi connectivity index (χ1v) is 13.5. The van der Waals surface area contributed by atoms with Gasteiger partial charge in [-0.1, -0.05) is 103 Å². The van der Waals surface area contributed by atoms with Crippen LogP contribution in [0.5, 0.6) is 0 Å². The maximum Gasteiger partial charge on any atom is 0.290 e. The highest BCUT2D eigenvalue weighted by atomic mass is 32.2. The number of carbonyl (C=O) groups is 1. The van der Waals surface area contributed by atoms with Crippen LogP contribution in [0.3, 0.4) is 0 Å².